The standard InChI is InChI=1S/C20H26ClNO2/c1-15(2)12-13-23-19-10-6-18(7-11-19)22-14-16(3)24-20-8-4-17(21)5-9-20/h4-11,15-16,22H,12-14H2,1-3H3. The molecule has 1 atom stereocenters. The lowest BCUT2D eigenvalue weighted by Crippen LogP contribution is -2.22. The zero-order valence-electron chi connectivity index (χ0n) is 14.6. The first-order valence-corrected chi connectivity index (χ1v) is 8.79. The van der Waals surface area contributed by atoms with Crippen molar-refractivity contribution in [3.8, 4) is 11.5 Å². The van der Waals surface area contributed by atoms with E-state index >= 15 is 0 Å². The Morgan fingerprint density at radius 3 is 2.17 bits per heavy atom. The Balaban J connectivity index is 1.74. The van der Waals surface area contributed by atoms with Crippen molar-refractivity contribution in [3.63, 3.8) is 0 Å². The van der Waals surface area contributed by atoms with Gasteiger partial charge in [-0.1, -0.05) is 25.4 Å². The van der Waals surface area contributed by atoms with E-state index in [0.717, 1.165) is 36.8 Å². The van der Waals surface area contributed by atoms with E-state index in [0.29, 0.717) is 10.9 Å². The van der Waals surface area contributed by atoms with Gasteiger partial charge in [0.25, 0.3) is 0 Å². The predicted octanol–water partition coefficient (Wildman–Crippen LogP) is 5.64. The van der Waals surface area contributed by atoms with E-state index in [1.165, 1.54) is 0 Å². The van der Waals surface area contributed by atoms with Crippen LogP contribution in [0.3, 0.4) is 0 Å². The zero-order chi connectivity index (χ0) is 17.4. The molecule has 24 heavy (non-hydrogen) atoms. The molecule has 3 nitrogen and oxygen atoms in total. The van der Waals surface area contributed by atoms with Crippen LogP contribution in [0.25, 0.3) is 0 Å². The van der Waals surface area contributed by atoms with Gasteiger partial charge in [0, 0.05) is 10.7 Å². The number of hydrogen-bond donors (Lipinski definition) is 1. The molecule has 0 amide bonds. The molecular weight excluding hydrogens is 322 g/mol. The number of ether oxygens (including phenoxy) is 2. The highest BCUT2D eigenvalue weighted by Crippen LogP contribution is 2.18. The Hall–Kier alpha value is -1.87. The van der Waals surface area contributed by atoms with E-state index in [9.17, 15) is 0 Å². The van der Waals surface area contributed by atoms with Crippen LogP contribution in [0.15, 0.2) is 48.5 Å². The van der Waals surface area contributed by atoms with Gasteiger partial charge in [-0.15, -0.1) is 0 Å². The number of benzene rings is 2. The van der Waals surface area contributed by atoms with Gasteiger partial charge < -0.3 is 14.8 Å². The van der Waals surface area contributed by atoms with Crippen LogP contribution in [-0.4, -0.2) is 19.3 Å². The van der Waals surface area contributed by atoms with Crippen molar-refractivity contribution in [2.45, 2.75) is 33.3 Å². The van der Waals surface area contributed by atoms with Crippen LogP contribution < -0.4 is 14.8 Å². The van der Waals surface area contributed by atoms with Gasteiger partial charge in [-0.2, -0.15) is 0 Å². The second-order valence-corrected chi connectivity index (χ2v) is 6.76. The summed E-state index contributed by atoms with van der Waals surface area (Å²) < 4.78 is 11.6. The Kier molecular flexibility index (Phi) is 7.26. The molecule has 2 aromatic carbocycles. The summed E-state index contributed by atoms with van der Waals surface area (Å²) in [5.41, 5.74) is 1.05. The summed E-state index contributed by atoms with van der Waals surface area (Å²) in [5.74, 6) is 2.39. The van der Waals surface area contributed by atoms with Crippen LogP contribution in [0.4, 0.5) is 5.69 Å². The molecule has 2 rings (SSSR count). The molecule has 0 spiro atoms. The Morgan fingerprint density at radius 1 is 0.917 bits per heavy atom. The van der Waals surface area contributed by atoms with Crippen LogP contribution in [-0.2, 0) is 0 Å². The summed E-state index contributed by atoms with van der Waals surface area (Å²) in [6, 6.07) is 15.5. The monoisotopic (exact) mass is 347 g/mol. The van der Waals surface area contributed by atoms with Gasteiger partial charge in [0.15, 0.2) is 0 Å². The van der Waals surface area contributed by atoms with E-state index in [4.69, 9.17) is 21.1 Å². The van der Waals surface area contributed by atoms with Crippen molar-refractivity contribution in [1.29, 1.82) is 0 Å². The third kappa shape index (κ3) is 6.71. The summed E-state index contributed by atoms with van der Waals surface area (Å²) in [6.45, 7) is 7.91. The first-order valence-electron chi connectivity index (χ1n) is 8.42. The molecule has 0 heterocycles. The Morgan fingerprint density at radius 2 is 1.54 bits per heavy atom. The number of nitrogens with one attached hydrogen (secondary N) is 1. The third-order valence-corrected chi connectivity index (χ3v) is 3.81. The SMILES string of the molecule is CC(C)CCOc1ccc(NCC(C)Oc2ccc(Cl)cc2)cc1. The molecule has 0 saturated carbocycles. The number of hydrogen-bond acceptors (Lipinski definition) is 3. The van der Waals surface area contributed by atoms with E-state index in [1.54, 1.807) is 0 Å². The van der Waals surface area contributed by atoms with E-state index in [1.807, 2.05) is 55.5 Å². The quantitative estimate of drug-likeness (QED) is 0.636. The minimum atomic E-state index is 0.0492. The molecule has 0 aliphatic rings. The highest BCUT2D eigenvalue weighted by molar-refractivity contribution is 6.30. The molecular formula is C20H26ClNO2. The Labute approximate surface area is 149 Å². The zero-order valence-corrected chi connectivity index (χ0v) is 15.3. The first-order chi connectivity index (χ1) is 11.5. The molecule has 1 N–H and O–H groups in total. The second-order valence-electron chi connectivity index (χ2n) is 6.32. The van der Waals surface area contributed by atoms with Gasteiger partial charge in [-0.3, -0.25) is 0 Å². The summed E-state index contributed by atoms with van der Waals surface area (Å²) in [7, 11) is 0. The average molecular weight is 348 g/mol. The first kappa shape index (κ1) is 18.5. The maximum absolute atomic E-state index is 5.87. The minimum Gasteiger partial charge on any atom is -0.494 e. The van der Waals surface area contributed by atoms with Gasteiger partial charge in [0.05, 0.1) is 13.2 Å². The molecule has 130 valence electrons. The largest absolute Gasteiger partial charge is 0.494 e. The molecule has 2 aromatic rings. The maximum Gasteiger partial charge on any atom is 0.119 e. The predicted molar refractivity (Wildman–Crippen MR) is 101 cm³/mol. The summed E-state index contributed by atoms with van der Waals surface area (Å²) in [4.78, 5) is 0. The van der Waals surface area contributed by atoms with Gasteiger partial charge in [-0.05, 0) is 67.8 Å². The van der Waals surface area contributed by atoms with Crippen LogP contribution in [0.1, 0.15) is 27.2 Å². The highest BCUT2D eigenvalue weighted by atomic mass is 35.5. The van der Waals surface area contributed by atoms with Crippen molar-refractivity contribution in [1.82, 2.24) is 0 Å². The fraction of sp³-hybridized carbons (Fsp3) is 0.400. The van der Waals surface area contributed by atoms with E-state index in [2.05, 4.69) is 19.2 Å². The maximum atomic E-state index is 5.87. The van der Waals surface area contributed by atoms with Crippen molar-refractivity contribution < 1.29 is 9.47 Å². The van der Waals surface area contributed by atoms with Gasteiger partial charge in [0.1, 0.15) is 17.6 Å². The van der Waals surface area contributed by atoms with Crippen molar-refractivity contribution in [3.05, 3.63) is 53.6 Å². The molecule has 0 aromatic heterocycles. The Bertz CT molecular complexity index is 596. The van der Waals surface area contributed by atoms with Crippen LogP contribution in [0.5, 0.6) is 11.5 Å². The highest BCUT2D eigenvalue weighted by Gasteiger charge is 2.04. The third-order valence-electron chi connectivity index (χ3n) is 3.56. The molecule has 0 aliphatic heterocycles. The van der Waals surface area contributed by atoms with Gasteiger partial charge >= 0.3 is 0 Å². The van der Waals surface area contributed by atoms with Crippen molar-refractivity contribution in [2.24, 2.45) is 5.92 Å². The lowest BCUT2D eigenvalue weighted by molar-refractivity contribution is 0.235. The topological polar surface area (TPSA) is 30.5 Å². The smallest absolute Gasteiger partial charge is 0.119 e. The molecule has 1 unspecified atom stereocenters. The van der Waals surface area contributed by atoms with Crippen LogP contribution in [0.2, 0.25) is 5.02 Å². The number of rotatable bonds is 9. The fourth-order valence-corrected chi connectivity index (χ4v) is 2.26. The van der Waals surface area contributed by atoms with E-state index in [-0.39, 0.29) is 6.10 Å². The summed E-state index contributed by atoms with van der Waals surface area (Å²) >= 11 is 5.87. The second kappa shape index (κ2) is 9.43. The summed E-state index contributed by atoms with van der Waals surface area (Å²) in [5, 5.41) is 4.08. The van der Waals surface area contributed by atoms with Gasteiger partial charge in [0.2, 0.25) is 0 Å². The van der Waals surface area contributed by atoms with Crippen LogP contribution >= 0.6 is 11.6 Å². The summed E-state index contributed by atoms with van der Waals surface area (Å²) in [6.07, 6.45) is 1.12. The van der Waals surface area contributed by atoms with Crippen molar-refractivity contribution in [2.75, 3.05) is 18.5 Å². The molecule has 0 bridgehead atoms. The molecule has 0 radical (unpaired) electrons. The lowest BCUT2D eigenvalue weighted by Gasteiger charge is -2.16. The normalized spacial score (nSPS) is 12.0. The molecule has 0 fully saturated rings. The number of halogens is 1. The van der Waals surface area contributed by atoms with Crippen LogP contribution in [0, 0.1) is 5.92 Å². The van der Waals surface area contributed by atoms with Crippen molar-refractivity contribution >= 4 is 17.3 Å². The molecule has 0 aliphatic carbocycles. The average Bonchev–Trinajstić information content (AvgIpc) is 2.56. The van der Waals surface area contributed by atoms with E-state index < -0.39 is 0 Å². The molecule has 4 heteroatoms. The number of anilines is 1. The minimum absolute atomic E-state index is 0.0492. The lowest BCUT2D eigenvalue weighted by atomic mass is 10.1. The fourth-order valence-electron chi connectivity index (χ4n) is 2.13. The molecule has 0 saturated heterocycles. The van der Waals surface area contributed by atoms with Gasteiger partial charge in [-0.25, -0.2) is 0 Å².